The van der Waals surface area contributed by atoms with E-state index in [0.29, 0.717) is 18.9 Å². The highest BCUT2D eigenvalue weighted by Crippen LogP contribution is 2.65. The molecule has 2 rings (SSSR count). The molecule has 112 valence electrons. The van der Waals surface area contributed by atoms with Crippen LogP contribution in [0.2, 0.25) is 0 Å². The van der Waals surface area contributed by atoms with Crippen molar-refractivity contribution >= 4 is 11.8 Å². The molecular formula is C17H26O3. The highest BCUT2D eigenvalue weighted by atomic mass is 16.5. The number of carbonyl (C=O) groups is 2. The molecule has 0 saturated heterocycles. The molecule has 20 heavy (non-hydrogen) atoms. The summed E-state index contributed by atoms with van der Waals surface area (Å²) in [5, 5.41) is 0. The van der Waals surface area contributed by atoms with Crippen molar-refractivity contribution in [2.24, 2.45) is 22.7 Å². The van der Waals surface area contributed by atoms with Gasteiger partial charge in [-0.3, -0.25) is 9.59 Å². The molecule has 0 N–H and O–H groups in total. The lowest BCUT2D eigenvalue weighted by molar-refractivity contribution is -0.146. The fourth-order valence-electron chi connectivity index (χ4n) is 3.94. The predicted molar refractivity (Wildman–Crippen MR) is 78.1 cm³/mol. The highest BCUT2D eigenvalue weighted by molar-refractivity contribution is 6.05. The Morgan fingerprint density at radius 1 is 1.40 bits per heavy atom. The zero-order chi connectivity index (χ0) is 15.1. The number of ketones is 1. The molecule has 2 fully saturated rings. The fourth-order valence-corrected chi connectivity index (χ4v) is 3.94. The third-order valence-electron chi connectivity index (χ3n) is 5.77. The average molecular weight is 278 g/mol. The summed E-state index contributed by atoms with van der Waals surface area (Å²) in [6.07, 6.45) is 4.61. The SMILES string of the molecule is CCOC(=O)[C@@H](/C=C1/C(=O)[C@]2(C)CC[C@H]1C2(C)C)CC. The maximum atomic E-state index is 12.7. The van der Waals surface area contributed by atoms with Gasteiger partial charge in [0.25, 0.3) is 0 Å². The van der Waals surface area contributed by atoms with E-state index >= 15 is 0 Å². The van der Waals surface area contributed by atoms with Crippen LogP contribution >= 0.6 is 0 Å². The molecule has 0 aromatic carbocycles. The van der Waals surface area contributed by atoms with Gasteiger partial charge in [0, 0.05) is 5.41 Å². The number of fused-ring (bicyclic) bond motifs is 2. The van der Waals surface area contributed by atoms with Gasteiger partial charge in [-0.25, -0.2) is 0 Å². The second-order valence-corrected chi connectivity index (χ2v) is 6.86. The second kappa shape index (κ2) is 5.01. The Kier molecular flexibility index (Phi) is 3.83. The van der Waals surface area contributed by atoms with Crippen molar-refractivity contribution in [3.8, 4) is 0 Å². The molecule has 3 nitrogen and oxygen atoms in total. The van der Waals surface area contributed by atoms with Gasteiger partial charge < -0.3 is 4.74 Å². The Hall–Kier alpha value is -1.12. The predicted octanol–water partition coefficient (Wildman–Crippen LogP) is 3.53. The molecule has 0 aromatic heterocycles. The number of rotatable bonds is 4. The lowest BCUT2D eigenvalue weighted by Gasteiger charge is -2.31. The van der Waals surface area contributed by atoms with E-state index in [1.54, 1.807) is 0 Å². The van der Waals surface area contributed by atoms with Gasteiger partial charge in [-0.1, -0.05) is 33.8 Å². The van der Waals surface area contributed by atoms with Crippen LogP contribution in [-0.4, -0.2) is 18.4 Å². The molecule has 2 saturated carbocycles. The van der Waals surface area contributed by atoms with Crippen LogP contribution in [0.4, 0.5) is 0 Å². The van der Waals surface area contributed by atoms with Gasteiger partial charge in [0.2, 0.25) is 0 Å². The van der Waals surface area contributed by atoms with Gasteiger partial charge in [-0.05, 0) is 43.1 Å². The molecule has 2 aliphatic carbocycles. The Bertz CT molecular complexity index is 461. The number of ether oxygens (including phenoxy) is 1. The van der Waals surface area contributed by atoms with E-state index in [-0.39, 0.29) is 28.5 Å². The monoisotopic (exact) mass is 278 g/mol. The molecule has 0 heterocycles. The summed E-state index contributed by atoms with van der Waals surface area (Å²) in [6, 6.07) is 0. The maximum absolute atomic E-state index is 12.7. The van der Waals surface area contributed by atoms with Crippen molar-refractivity contribution in [2.45, 2.75) is 53.9 Å². The van der Waals surface area contributed by atoms with E-state index in [1.165, 1.54) is 0 Å². The summed E-state index contributed by atoms with van der Waals surface area (Å²) in [5.41, 5.74) is 0.628. The summed E-state index contributed by atoms with van der Waals surface area (Å²) in [7, 11) is 0. The molecule has 0 amide bonds. The van der Waals surface area contributed by atoms with Crippen molar-refractivity contribution in [2.75, 3.05) is 6.61 Å². The van der Waals surface area contributed by atoms with Crippen molar-refractivity contribution in [3.05, 3.63) is 11.6 Å². The van der Waals surface area contributed by atoms with E-state index in [2.05, 4.69) is 20.8 Å². The van der Waals surface area contributed by atoms with Crippen LogP contribution in [0.3, 0.4) is 0 Å². The zero-order valence-corrected chi connectivity index (χ0v) is 13.3. The van der Waals surface area contributed by atoms with Crippen LogP contribution < -0.4 is 0 Å². The van der Waals surface area contributed by atoms with Gasteiger partial charge in [-0.2, -0.15) is 0 Å². The number of allylic oxidation sites excluding steroid dienone is 1. The quantitative estimate of drug-likeness (QED) is 0.583. The van der Waals surface area contributed by atoms with Crippen molar-refractivity contribution < 1.29 is 14.3 Å². The van der Waals surface area contributed by atoms with Crippen LogP contribution in [0.15, 0.2) is 11.6 Å². The molecular weight excluding hydrogens is 252 g/mol. The zero-order valence-electron chi connectivity index (χ0n) is 13.3. The highest BCUT2D eigenvalue weighted by Gasteiger charge is 2.63. The van der Waals surface area contributed by atoms with E-state index in [1.807, 2.05) is 19.9 Å². The third kappa shape index (κ3) is 1.94. The van der Waals surface area contributed by atoms with E-state index in [4.69, 9.17) is 4.74 Å². The molecule has 0 aromatic rings. The first-order valence-electron chi connectivity index (χ1n) is 7.72. The molecule has 2 aliphatic rings. The van der Waals surface area contributed by atoms with Crippen LogP contribution in [0.5, 0.6) is 0 Å². The van der Waals surface area contributed by atoms with Crippen LogP contribution in [0.1, 0.15) is 53.9 Å². The normalized spacial score (nSPS) is 34.5. The van der Waals surface area contributed by atoms with Gasteiger partial charge >= 0.3 is 5.97 Å². The average Bonchev–Trinajstić information content (AvgIpc) is 2.69. The Morgan fingerprint density at radius 2 is 2.05 bits per heavy atom. The first kappa shape index (κ1) is 15.3. The van der Waals surface area contributed by atoms with E-state index in [0.717, 1.165) is 18.4 Å². The fraction of sp³-hybridized carbons (Fsp3) is 0.765. The standard InChI is InChI=1S/C17H26O3/c1-6-11(15(19)20-7-2)10-12-13-8-9-17(5,14(12)18)16(13,3)4/h10-11,13H,6-9H2,1-5H3/b12-10+/t11-,13-,17+/m1/s1. The van der Waals surface area contributed by atoms with Gasteiger partial charge in [0.1, 0.15) is 0 Å². The summed E-state index contributed by atoms with van der Waals surface area (Å²) in [5.74, 6) is 0.0543. The summed E-state index contributed by atoms with van der Waals surface area (Å²) < 4.78 is 5.10. The summed E-state index contributed by atoms with van der Waals surface area (Å²) >= 11 is 0. The maximum Gasteiger partial charge on any atom is 0.312 e. The first-order valence-corrected chi connectivity index (χ1v) is 7.72. The van der Waals surface area contributed by atoms with E-state index < -0.39 is 0 Å². The molecule has 0 aliphatic heterocycles. The topological polar surface area (TPSA) is 43.4 Å². The minimum absolute atomic E-state index is 0.00285. The van der Waals surface area contributed by atoms with Crippen molar-refractivity contribution in [3.63, 3.8) is 0 Å². The Morgan fingerprint density at radius 3 is 2.50 bits per heavy atom. The number of carbonyl (C=O) groups excluding carboxylic acids is 2. The van der Waals surface area contributed by atoms with Crippen molar-refractivity contribution in [1.82, 2.24) is 0 Å². The largest absolute Gasteiger partial charge is 0.466 e. The number of hydrogen-bond acceptors (Lipinski definition) is 3. The minimum atomic E-state index is -0.285. The molecule has 3 atom stereocenters. The van der Waals surface area contributed by atoms with Crippen molar-refractivity contribution in [1.29, 1.82) is 0 Å². The first-order chi connectivity index (χ1) is 9.29. The molecule has 3 heteroatoms. The van der Waals surface area contributed by atoms with Crippen LogP contribution in [0, 0.1) is 22.7 Å². The Labute approximate surface area is 121 Å². The second-order valence-electron chi connectivity index (χ2n) is 6.86. The third-order valence-corrected chi connectivity index (χ3v) is 5.77. The number of hydrogen-bond donors (Lipinski definition) is 0. The summed E-state index contributed by atoms with van der Waals surface area (Å²) in [6.45, 7) is 10.6. The lowest BCUT2D eigenvalue weighted by atomic mass is 9.70. The minimum Gasteiger partial charge on any atom is -0.466 e. The van der Waals surface area contributed by atoms with Gasteiger partial charge in [0.15, 0.2) is 5.78 Å². The Balaban J connectivity index is 2.32. The smallest absolute Gasteiger partial charge is 0.312 e. The molecule has 0 unspecified atom stereocenters. The molecule has 2 bridgehead atoms. The van der Waals surface area contributed by atoms with Gasteiger partial charge in [0.05, 0.1) is 12.5 Å². The lowest BCUT2D eigenvalue weighted by Crippen LogP contribution is -2.32. The van der Waals surface area contributed by atoms with Crippen LogP contribution in [-0.2, 0) is 14.3 Å². The number of esters is 1. The van der Waals surface area contributed by atoms with Crippen LogP contribution in [0.25, 0.3) is 0 Å². The molecule has 0 radical (unpaired) electrons. The van der Waals surface area contributed by atoms with E-state index in [9.17, 15) is 9.59 Å². The van der Waals surface area contributed by atoms with Gasteiger partial charge in [-0.15, -0.1) is 0 Å². The number of Topliss-reactive ketones (excluding diaryl/α,β-unsaturated/α-hetero) is 1. The molecule has 0 spiro atoms. The summed E-state index contributed by atoms with van der Waals surface area (Å²) in [4.78, 5) is 24.7.